The lowest BCUT2D eigenvalue weighted by Crippen LogP contribution is -2.43. The lowest BCUT2D eigenvalue weighted by Gasteiger charge is -2.37. The zero-order chi connectivity index (χ0) is 18.9. The smallest absolute Gasteiger partial charge is 0.340 e. The lowest BCUT2D eigenvalue weighted by atomic mass is 9.84. The fourth-order valence-electron chi connectivity index (χ4n) is 3.95. The molecule has 2 aliphatic heterocycles. The molecule has 1 spiro atoms. The number of rotatable bonds is 3. The molecular formula is C19H22N4O4. The standard InChI is InChI=1S/C19H22N4O4/c24-14-12-19(27-15-5-2-1-4-13(14)15)8-3-10-23(11-9-19)17(25)7-6-16-20-18(26)22-21-16/h1-2,4-5H,3,6-12H2,(H2,20,21,22,26). The van der Waals surface area contributed by atoms with Gasteiger partial charge in [0.25, 0.3) is 0 Å². The quantitative estimate of drug-likeness (QED) is 0.850. The number of aryl methyl sites for hydroxylation is 1. The third kappa shape index (κ3) is 3.65. The van der Waals surface area contributed by atoms with Crippen LogP contribution in [0, 0.1) is 0 Å². The van der Waals surface area contributed by atoms with Crippen LogP contribution in [-0.4, -0.2) is 50.5 Å². The molecule has 1 fully saturated rings. The van der Waals surface area contributed by atoms with Crippen LogP contribution in [0.4, 0.5) is 0 Å². The number of nitrogens with one attached hydrogen (secondary N) is 2. The monoisotopic (exact) mass is 370 g/mol. The molecule has 8 nitrogen and oxygen atoms in total. The molecule has 1 unspecified atom stereocenters. The predicted octanol–water partition coefficient (Wildman–Crippen LogP) is 1.45. The number of aromatic amines is 2. The van der Waals surface area contributed by atoms with Crippen molar-refractivity contribution in [3.63, 3.8) is 0 Å². The molecule has 1 aromatic carbocycles. The molecule has 0 saturated carbocycles. The Hall–Kier alpha value is -2.90. The van der Waals surface area contributed by atoms with Crippen molar-refractivity contribution in [2.75, 3.05) is 13.1 Å². The molecule has 4 rings (SSSR count). The van der Waals surface area contributed by atoms with Gasteiger partial charge in [-0.05, 0) is 25.0 Å². The van der Waals surface area contributed by atoms with Gasteiger partial charge in [-0.3, -0.25) is 14.6 Å². The fraction of sp³-hybridized carbons (Fsp3) is 0.474. The average molecular weight is 370 g/mol. The molecular weight excluding hydrogens is 348 g/mol. The molecule has 2 N–H and O–H groups in total. The molecule has 0 radical (unpaired) electrons. The van der Waals surface area contributed by atoms with Gasteiger partial charge in [-0.2, -0.15) is 5.10 Å². The van der Waals surface area contributed by atoms with Crippen LogP contribution in [0.25, 0.3) is 0 Å². The fourth-order valence-corrected chi connectivity index (χ4v) is 3.95. The highest BCUT2D eigenvalue weighted by Gasteiger charge is 2.41. The number of para-hydroxylation sites is 1. The summed E-state index contributed by atoms with van der Waals surface area (Å²) in [5.74, 6) is 1.27. The first-order valence-corrected chi connectivity index (χ1v) is 9.27. The van der Waals surface area contributed by atoms with Crippen LogP contribution in [0.15, 0.2) is 29.1 Å². The predicted molar refractivity (Wildman–Crippen MR) is 96.7 cm³/mol. The summed E-state index contributed by atoms with van der Waals surface area (Å²) < 4.78 is 6.26. The summed E-state index contributed by atoms with van der Waals surface area (Å²) in [7, 11) is 0. The number of benzene rings is 1. The summed E-state index contributed by atoms with van der Waals surface area (Å²) in [5, 5.41) is 6.13. The van der Waals surface area contributed by atoms with Crippen LogP contribution in [0.5, 0.6) is 5.75 Å². The van der Waals surface area contributed by atoms with Gasteiger partial charge in [-0.1, -0.05) is 12.1 Å². The van der Waals surface area contributed by atoms with E-state index in [1.807, 2.05) is 23.1 Å². The van der Waals surface area contributed by atoms with E-state index in [9.17, 15) is 14.4 Å². The van der Waals surface area contributed by atoms with Gasteiger partial charge in [-0.25, -0.2) is 9.89 Å². The first-order valence-electron chi connectivity index (χ1n) is 9.27. The number of ketones is 1. The maximum atomic E-state index is 12.6. The number of aromatic nitrogens is 3. The summed E-state index contributed by atoms with van der Waals surface area (Å²) in [5.41, 5.74) is -0.240. The highest BCUT2D eigenvalue weighted by Crippen LogP contribution is 2.39. The lowest BCUT2D eigenvalue weighted by molar-refractivity contribution is -0.131. The Morgan fingerprint density at radius 2 is 2.07 bits per heavy atom. The molecule has 0 bridgehead atoms. The van der Waals surface area contributed by atoms with Crippen molar-refractivity contribution in [1.82, 2.24) is 20.1 Å². The number of ether oxygens (including phenoxy) is 1. The highest BCUT2D eigenvalue weighted by atomic mass is 16.5. The van der Waals surface area contributed by atoms with Gasteiger partial charge in [-0.15, -0.1) is 0 Å². The summed E-state index contributed by atoms with van der Waals surface area (Å²) in [6.07, 6.45) is 3.22. The van der Waals surface area contributed by atoms with E-state index < -0.39 is 5.60 Å². The number of hydrogen-bond acceptors (Lipinski definition) is 5. The van der Waals surface area contributed by atoms with Crippen LogP contribution in [0.2, 0.25) is 0 Å². The Morgan fingerprint density at radius 3 is 2.89 bits per heavy atom. The molecule has 142 valence electrons. The second kappa shape index (κ2) is 7.02. The van der Waals surface area contributed by atoms with Crippen LogP contribution in [-0.2, 0) is 11.2 Å². The van der Waals surface area contributed by atoms with Crippen molar-refractivity contribution < 1.29 is 14.3 Å². The largest absolute Gasteiger partial charge is 0.486 e. The summed E-state index contributed by atoms with van der Waals surface area (Å²) in [4.78, 5) is 40.5. The van der Waals surface area contributed by atoms with E-state index in [2.05, 4.69) is 15.2 Å². The first kappa shape index (κ1) is 17.5. The Bertz CT molecular complexity index is 918. The van der Waals surface area contributed by atoms with Crippen molar-refractivity contribution in [2.24, 2.45) is 0 Å². The zero-order valence-corrected chi connectivity index (χ0v) is 15.0. The second-order valence-corrected chi connectivity index (χ2v) is 7.24. The number of carbonyl (C=O) groups is 2. The first-order chi connectivity index (χ1) is 13.0. The van der Waals surface area contributed by atoms with E-state index in [-0.39, 0.29) is 23.8 Å². The third-order valence-corrected chi connectivity index (χ3v) is 5.37. The topological polar surface area (TPSA) is 108 Å². The van der Waals surface area contributed by atoms with E-state index in [1.165, 1.54) is 0 Å². The minimum absolute atomic E-state index is 0.0263. The Kier molecular flexibility index (Phi) is 4.55. The Balaban J connectivity index is 1.40. The van der Waals surface area contributed by atoms with Crippen molar-refractivity contribution in [3.8, 4) is 5.75 Å². The van der Waals surface area contributed by atoms with Crippen molar-refractivity contribution in [2.45, 2.75) is 44.1 Å². The average Bonchev–Trinajstić information content (AvgIpc) is 2.97. The minimum Gasteiger partial charge on any atom is -0.486 e. The van der Waals surface area contributed by atoms with Gasteiger partial charge in [0.05, 0.1) is 12.0 Å². The van der Waals surface area contributed by atoms with E-state index in [0.717, 1.165) is 12.8 Å². The van der Waals surface area contributed by atoms with Crippen LogP contribution < -0.4 is 10.4 Å². The van der Waals surface area contributed by atoms with Crippen molar-refractivity contribution in [1.29, 1.82) is 0 Å². The second-order valence-electron chi connectivity index (χ2n) is 7.24. The van der Waals surface area contributed by atoms with Gasteiger partial charge in [0.1, 0.15) is 17.2 Å². The zero-order valence-electron chi connectivity index (χ0n) is 15.0. The number of hydrogen-bond donors (Lipinski definition) is 2. The molecule has 3 heterocycles. The number of nitrogens with zero attached hydrogens (tertiary/aromatic N) is 2. The molecule has 8 heteroatoms. The Labute approximate surface area is 155 Å². The SMILES string of the molecule is O=C1CC2(CCCN(C(=O)CCc3n[nH]c(=O)[nH]3)CC2)Oc2ccccc21. The summed E-state index contributed by atoms with van der Waals surface area (Å²) in [6.45, 7) is 1.21. The van der Waals surface area contributed by atoms with Crippen LogP contribution in [0.1, 0.15) is 48.3 Å². The van der Waals surface area contributed by atoms with E-state index >= 15 is 0 Å². The molecule has 1 aromatic heterocycles. The molecule has 2 aliphatic rings. The van der Waals surface area contributed by atoms with Crippen molar-refractivity contribution >= 4 is 11.7 Å². The summed E-state index contributed by atoms with van der Waals surface area (Å²) in [6, 6.07) is 7.36. The molecule has 0 aliphatic carbocycles. The van der Waals surface area contributed by atoms with E-state index in [0.29, 0.717) is 49.5 Å². The Morgan fingerprint density at radius 1 is 1.22 bits per heavy atom. The van der Waals surface area contributed by atoms with Gasteiger partial charge in [0, 0.05) is 32.4 Å². The molecule has 2 aromatic rings. The maximum absolute atomic E-state index is 12.6. The maximum Gasteiger partial charge on any atom is 0.340 e. The van der Waals surface area contributed by atoms with Gasteiger partial charge < -0.3 is 9.64 Å². The molecule has 1 amide bonds. The van der Waals surface area contributed by atoms with Crippen LogP contribution in [0.3, 0.4) is 0 Å². The minimum atomic E-state index is -0.520. The normalized spacial score (nSPS) is 22.2. The van der Waals surface area contributed by atoms with Crippen LogP contribution >= 0.6 is 0 Å². The number of H-pyrrole nitrogens is 2. The molecule has 1 saturated heterocycles. The number of fused-ring (bicyclic) bond motifs is 1. The molecule has 27 heavy (non-hydrogen) atoms. The molecule has 1 atom stereocenters. The van der Waals surface area contributed by atoms with E-state index in [4.69, 9.17) is 4.74 Å². The van der Waals surface area contributed by atoms with Gasteiger partial charge in [0.2, 0.25) is 5.91 Å². The number of likely N-dealkylation sites (tertiary alicyclic amines) is 1. The summed E-state index contributed by atoms with van der Waals surface area (Å²) >= 11 is 0. The number of Topliss-reactive ketones (excluding diaryl/α,β-unsaturated/α-hetero) is 1. The van der Waals surface area contributed by atoms with Gasteiger partial charge >= 0.3 is 5.69 Å². The number of amides is 1. The third-order valence-electron chi connectivity index (χ3n) is 5.37. The highest BCUT2D eigenvalue weighted by molar-refractivity contribution is 6.00. The van der Waals surface area contributed by atoms with Gasteiger partial charge in [0.15, 0.2) is 5.78 Å². The van der Waals surface area contributed by atoms with E-state index in [1.54, 1.807) is 6.07 Å². The number of carbonyl (C=O) groups excluding carboxylic acids is 2. The van der Waals surface area contributed by atoms with Crippen molar-refractivity contribution in [3.05, 3.63) is 46.1 Å².